The van der Waals surface area contributed by atoms with Gasteiger partial charge >= 0.3 is 6.09 Å². The maximum Gasteiger partial charge on any atom is 0.408 e. The lowest BCUT2D eigenvalue weighted by Crippen LogP contribution is -2.53. The van der Waals surface area contributed by atoms with E-state index in [1.54, 1.807) is 17.0 Å². The zero-order valence-electron chi connectivity index (χ0n) is 17.6. The van der Waals surface area contributed by atoms with E-state index in [1.165, 1.54) is 11.0 Å². The first kappa shape index (κ1) is 20.9. The molecule has 0 spiro atoms. The minimum absolute atomic E-state index is 0.0346. The Morgan fingerprint density at radius 3 is 2.38 bits per heavy atom. The van der Waals surface area contributed by atoms with Gasteiger partial charge in [-0.05, 0) is 24.5 Å². The predicted molar refractivity (Wildman–Crippen MR) is 109 cm³/mol. The van der Waals surface area contributed by atoms with E-state index in [9.17, 15) is 28.7 Å². The third-order valence-electron chi connectivity index (χ3n) is 7.14. The van der Waals surface area contributed by atoms with E-state index in [-0.39, 0.29) is 48.9 Å². The minimum Gasteiger partial charge on any atom is -0.465 e. The molecule has 32 heavy (non-hydrogen) atoms. The van der Waals surface area contributed by atoms with Gasteiger partial charge in [0.2, 0.25) is 11.8 Å². The highest BCUT2D eigenvalue weighted by atomic mass is 19.1. The van der Waals surface area contributed by atoms with Crippen molar-refractivity contribution in [2.75, 3.05) is 32.7 Å². The molecule has 3 unspecified atom stereocenters. The highest BCUT2D eigenvalue weighted by molar-refractivity contribution is 6.02. The summed E-state index contributed by atoms with van der Waals surface area (Å²) in [5.74, 6) is -1.51. The van der Waals surface area contributed by atoms with Gasteiger partial charge in [-0.3, -0.25) is 29.1 Å². The van der Waals surface area contributed by atoms with Crippen molar-refractivity contribution in [1.82, 2.24) is 19.6 Å². The van der Waals surface area contributed by atoms with Gasteiger partial charge in [0.05, 0.1) is 0 Å². The molecule has 0 bridgehead atoms. The Kier molecular flexibility index (Phi) is 5.11. The fraction of sp³-hybridized carbons (Fsp3) is 0.545. The van der Waals surface area contributed by atoms with Crippen LogP contribution in [-0.4, -0.2) is 87.4 Å². The van der Waals surface area contributed by atoms with Gasteiger partial charge in [0.1, 0.15) is 12.0 Å². The number of hydrogen-bond donors (Lipinski definition) is 1. The first-order valence-corrected chi connectivity index (χ1v) is 11.0. The number of benzene rings is 1. The Bertz CT molecular complexity index is 981. The fourth-order valence-electron chi connectivity index (χ4n) is 5.40. The lowest BCUT2D eigenvalue weighted by atomic mass is 9.97. The zero-order chi connectivity index (χ0) is 22.6. The first-order valence-electron chi connectivity index (χ1n) is 11.0. The van der Waals surface area contributed by atoms with Crippen LogP contribution in [0, 0.1) is 17.7 Å². The third kappa shape index (κ3) is 3.42. The van der Waals surface area contributed by atoms with Gasteiger partial charge in [-0.1, -0.05) is 6.07 Å². The van der Waals surface area contributed by atoms with Gasteiger partial charge in [0, 0.05) is 69.2 Å². The van der Waals surface area contributed by atoms with Gasteiger partial charge in [-0.25, -0.2) is 9.18 Å². The standard InChI is InChI=1S/C22H25FN4O5/c23-17-8-13(21(30)25-6-1-7-25)2-3-14(17)9-24-10-15-11-26(22(31)32)20(16(15)12-24)27-18(28)4-5-19(27)29/h2-3,8,15-16,20H,1,4-7,9-12H2,(H,31,32). The monoisotopic (exact) mass is 444 g/mol. The van der Waals surface area contributed by atoms with E-state index in [2.05, 4.69) is 0 Å². The number of nitrogens with zero attached hydrogens (tertiary/aromatic N) is 4. The number of rotatable bonds is 4. The molecule has 0 saturated carbocycles. The van der Waals surface area contributed by atoms with E-state index in [0.717, 1.165) is 11.3 Å². The van der Waals surface area contributed by atoms with Crippen molar-refractivity contribution in [3.8, 4) is 0 Å². The molecule has 4 saturated heterocycles. The summed E-state index contributed by atoms with van der Waals surface area (Å²) in [6.45, 7) is 2.98. The molecule has 1 aromatic carbocycles. The molecule has 0 radical (unpaired) electrons. The van der Waals surface area contributed by atoms with Crippen LogP contribution in [0.5, 0.6) is 0 Å². The van der Waals surface area contributed by atoms with Crippen LogP contribution >= 0.6 is 0 Å². The molecule has 9 nitrogen and oxygen atoms in total. The van der Waals surface area contributed by atoms with Gasteiger partial charge in [0.25, 0.3) is 5.91 Å². The second-order valence-corrected chi connectivity index (χ2v) is 9.08. The van der Waals surface area contributed by atoms with Crippen molar-refractivity contribution in [2.45, 2.75) is 32.0 Å². The summed E-state index contributed by atoms with van der Waals surface area (Å²) >= 11 is 0. The van der Waals surface area contributed by atoms with Crippen molar-refractivity contribution in [1.29, 1.82) is 0 Å². The highest BCUT2D eigenvalue weighted by Crippen LogP contribution is 2.40. The van der Waals surface area contributed by atoms with Crippen molar-refractivity contribution >= 4 is 23.8 Å². The molecule has 1 N–H and O–H groups in total. The van der Waals surface area contributed by atoms with Crippen LogP contribution in [0.4, 0.5) is 9.18 Å². The van der Waals surface area contributed by atoms with Crippen molar-refractivity contribution in [2.24, 2.45) is 11.8 Å². The average Bonchev–Trinajstić information content (AvgIpc) is 3.34. The van der Waals surface area contributed by atoms with Crippen LogP contribution < -0.4 is 0 Å². The van der Waals surface area contributed by atoms with Gasteiger partial charge in [-0.2, -0.15) is 0 Å². The summed E-state index contributed by atoms with van der Waals surface area (Å²) in [6.07, 6.45) is -0.753. The number of carbonyl (C=O) groups is 4. The zero-order valence-corrected chi connectivity index (χ0v) is 17.6. The smallest absolute Gasteiger partial charge is 0.408 e. The minimum atomic E-state index is -1.14. The van der Waals surface area contributed by atoms with E-state index in [4.69, 9.17) is 0 Å². The van der Waals surface area contributed by atoms with Crippen molar-refractivity contribution in [3.05, 3.63) is 35.1 Å². The van der Waals surface area contributed by atoms with Crippen LogP contribution in [0.3, 0.4) is 0 Å². The predicted octanol–water partition coefficient (Wildman–Crippen LogP) is 1.19. The van der Waals surface area contributed by atoms with E-state index in [0.29, 0.717) is 43.9 Å². The number of amides is 4. The van der Waals surface area contributed by atoms with Crippen molar-refractivity contribution < 1.29 is 28.7 Å². The van der Waals surface area contributed by atoms with Crippen LogP contribution in [-0.2, 0) is 16.1 Å². The number of halogens is 1. The summed E-state index contributed by atoms with van der Waals surface area (Å²) in [6, 6.07) is 4.56. The van der Waals surface area contributed by atoms with E-state index >= 15 is 0 Å². The maximum absolute atomic E-state index is 14.8. The molecule has 1 aromatic rings. The van der Waals surface area contributed by atoms with Gasteiger partial charge < -0.3 is 10.0 Å². The number of carboxylic acid groups (broad SMARTS) is 1. The van der Waals surface area contributed by atoms with Crippen LogP contribution in [0.15, 0.2) is 18.2 Å². The SMILES string of the molecule is O=C(c1ccc(CN2CC3CN(C(=O)O)C(N4C(=O)CCC4=O)C3C2)c(F)c1)N1CCC1. The molecule has 170 valence electrons. The lowest BCUT2D eigenvalue weighted by molar-refractivity contribution is -0.145. The van der Waals surface area contributed by atoms with Crippen molar-refractivity contribution in [3.63, 3.8) is 0 Å². The first-order chi connectivity index (χ1) is 15.3. The summed E-state index contributed by atoms with van der Waals surface area (Å²) < 4.78 is 14.8. The third-order valence-corrected chi connectivity index (χ3v) is 7.14. The summed E-state index contributed by atoms with van der Waals surface area (Å²) in [5, 5.41) is 9.62. The summed E-state index contributed by atoms with van der Waals surface area (Å²) in [7, 11) is 0. The molecule has 4 fully saturated rings. The van der Waals surface area contributed by atoms with Crippen LogP contribution in [0.25, 0.3) is 0 Å². The molecular formula is C22H25FN4O5. The second kappa shape index (κ2) is 7.84. The molecule has 4 aliphatic rings. The molecule has 4 heterocycles. The Hall–Kier alpha value is -3.01. The number of hydrogen-bond acceptors (Lipinski definition) is 5. The van der Waals surface area contributed by atoms with E-state index in [1.807, 2.05) is 4.90 Å². The number of carbonyl (C=O) groups excluding carboxylic acids is 3. The molecular weight excluding hydrogens is 419 g/mol. The Morgan fingerprint density at radius 1 is 1.06 bits per heavy atom. The van der Waals surface area contributed by atoms with Gasteiger partial charge in [0.15, 0.2) is 0 Å². The summed E-state index contributed by atoms with van der Waals surface area (Å²) in [4.78, 5) is 54.7. The van der Waals surface area contributed by atoms with Gasteiger partial charge in [-0.15, -0.1) is 0 Å². The fourth-order valence-corrected chi connectivity index (χ4v) is 5.40. The number of fused-ring (bicyclic) bond motifs is 1. The molecule has 4 amide bonds. The van der Waals surface area contributed by atoms with Crippen LogP contribution in [0.2, 0.25) is 0 Å². The lowest BCUT2D eigenvalue weighted by Gasteiger charge is -2.33. The molecule has 0 aliphatic carbocycles. The Balaban J connectivity index is 1.30. The second-order valence-electron chi connectivity index (χ2n) is 9.08. The molecule has 5 rings (SSSR count). The quantitative estimate of drug-likeness (QED) is 0.700. The molecule has 3 atom stereocenters. The molecule has 0 aromatic heterocycles. The summed E-state index contributed by atoms with van der Waals surface area (Å²) in [5.41, 5.74) is 0.803. The normalized spacial score (nSPS) is 27.8. The van der Waals surface area contributed by atoms with E-state index < -0.39 is 18.1 Å². The molecule has 4 aliphatic heterocycles. The number of imide groups is 1. The largest absolute Gasteiger partial charge is 0.465 e. The highest BCUT2D eigenvalue weighted by Gasteiger charge is 2.54. The Labute approximate surface area is 184 Å². The number of likely N-dealkylation sites (tertiary alicyclic amines) is 4. The average molecular weight is 444 g/mol. The Morgan fingerprint density at radius 2 is 1.78 bits per heavy atom. The van der Waals surface area contributed by atoms with Crippen LogP contribution in [0.1, 0.15) is 35.2 Å². The topological polar surface area (TPSA) is 101 Å². The maximum atomic E-state index is 14.8. The molecule has 10 heteroatoms.